The van der Waals surface area contributed by atoms with Crippen LogP contribution in [0.4, 0.5) is 4.39 Å². The minimum absolute atomic E-state index is 0.0442. The van der Waals surface area contributed by atoms with Crippen molar-refractivity contribution in [2.45, 2.75) is 38.7 Å². The molecule has 0 aromatic heterocycles. The van der Waals surface area contributed by atoms with Gasteiger partial charge in [-0.05, 0) is 44.4 Å². The molecular formula is C19H21FN2O2. The van der Waals surface area contributed by atoms with Crippen molar-refractivity contribution in [1.29, 1.82) is 5.26 Å². The lowest BCUT2D eigenvalue weighted by Gasteiger charge is -2.41. The molecule has 1 fully saturated rings. The highest BCUT2D eigenvalue weighted by molar-refractivity contribution is 6.10. The van der Waals surface area contributed by atoms with Crippen LogP contribution < -0.4 is 0 Å². The number of ether oxygens (including phenoxy) is 1. The molecule has 1 aliphatic carbocycles. The summed E-state index contributed by atoms with van der Waals surface area (Å²) in [7, 11) is 1.70. The molecule has 0 radical (unpaired) electrons. The predicted molar refractivity (Wildman–Crippen MR) is 88.6 cm³/mol. The molecule has 0 amide bonds. The molecule has 1 heterocycles. The number of nitriles is 1. The van der Waals surface area contributed by atoms with E-state index in [0.29, 0.717) is 29.9 Å². The van der Waals surface area contributed by atoms with E-state index in [4.69, 9.17) is 4.74 Å². The highest BCUT2D eigenvalue weighted by atomic mass is 19.1. The standard InChI is InChI=1S/C19H21FN2O2/c1-12-8-14-13(16(20)9-12)10-17(23)15(11-21)18(14)22-6-4-19(2,24-3)5-7-22/h8-9H,4-7,10H2,1-3H3. The Labute approximate surface area is 141 Å². The molecule has 4 nitrogen and oxygen atoms in total. The molecule has 1 aromatic carbocycles. The van der Waals surface area contributed by atoms with Crippen LogP contribution in [0.5, 0.6) is 0 Å². The number of methoxy groups -OCH3 is 1. The second-order valence-electron chi connectivity index (χ2n) is 6.85. The number of fused-ring (bicyclic) bond motifs is 1. The van der Waals surface area contributed by atoms with E-state index < -0.39 is 0 Å². The fraction of sp³-hybridized carbons (Fsp3) is 0.474. The molecule has 3 rings (SSSR count). The smallest absolute Gasteiger partial charge is 0.180 e. The van der Waals surface area contributed by atoms with Crippen LogP contribution in [-0.2, 0) is 16.0 Å². The number of hydrogen-bond acceptors (Lipinski definition) is 4. The zero-order valence-electron chi connectivity index (χ0n) is 14.3. The lowest BCUT2D eigenvalue weighted by molar-refractivity contribution is -0.114. The Balaban J connectivity index is 2.08. The molecule has 1 aromatic rings. The number of hydrogen-bond donors (Lipinski definition) is 0. The fourth-order valence-corrected chi connectivity index (χ4v) is 3.53. The number of carbonyl (C=O) groups excluding carboxylic acids is 1. The van der Waals surface area contributed by atoms with Gasteiger partial charge in [0.15, 0.2) is 5.78 Å². The zero-order valence-corrected chi connectivity index (χ0v) is 14.3. The summed E-state index contributed by atoms with van der Waals surface area (Å²) >= 11 is 0. The third-order valence-electron chi connectivity index (χ3n) is 5.19. The predicted octanol–water partition coefficient (Wildman–Crippen LogP) is 2.99. The third kappa shape index (κ3) is 2.71. The van der Waals surface area contributed by atoms with Crippen molar-refractivity contribution in [3.8, 4) is 6.07 Å². The SMILES string of the molecule is COC1(C)CCN(C2=C(C#N)C(=O)Cc3c(F)cc(C)cc32)CC1. The van der Waals surface area contributed by atoms with Crippen LogP contribution in [-0.4, -0.2) is 36.5 Å². The van der Waals surface area contributed by atoms with E-state index in [1.165, 1.54) is 6.07 Å². The summed E-state index contributed by atoms with van der Waals surface area (Å²) in [6, 6.07) is 5.37. The zero-order chi connectivity index (χ0) is 17.5. The van der Waals surface area contributed by atoms with E-state index in [2.05, 4.69) is 13.0 Å². The number of Topliss-reactive ketones (excluding diaryl/α,β-unsaturated/α-hetero) is 1. The Hall–Kier alpha value is -2.19. The highest BCUT2D eigenvalue weighted by Gasteiger charge is 2.36. The minimum atomic E-state index is -0.369. The van der Waals surface area contributed by atoms with Gasteiger partial charge in [0, 0.05) is 37.7 Å². The third-order valence-corrected chi connectivity index (χ3v) is 5.19. The van der Waals surface area contributed by atoms with Gasteiger partial charge in [0.05, 0.1) is 11.3 Å². The van der Waals surface area contributed by atoms with E-state index in [9.17, 15) is 14.4 Å². The average molecular weight is 328 g/mol. The lowest BCUT2D eigenvalue weighted by Crippen LogP contribution is -2.43. The van der Waals surface area contributed by atoms with Gasteiger partial charge in [0.25, 0.3) is 0 Å². The van der Waals surface area contributed by atoms with Crippen LogP contribution >= 0.6 is 0 Å². The number of likely N-dealkylation sites (tertiary alicyclic amines) is 1. The first-order chi connectivity index (χ1) is 11.4. The first-order valence-corrected chi connectivity index (χ1v) is 8.15. The van der Waals surface area contributed by atoms with Gasteiger partial charge >= 0.3 is 0 Å². The monoisotopic (exact) mass is 328 g/mol. The van der Waals surface area contributed by atoms with E-state index in [-0.39, 0.29) is 29.2 Å². The van der Waals surface area contributed by atoms with Gasteiger partial charge in [0.1, 0.15) is 17.5 Å². The Morgan fingerprint density at radius 3 is 2.58 bits per heavy atom. The van der Waals surface area contributed by atoms with Crippen molar-refractivity contribution in [3.05, 3.63) is 40.2 Å². The number of benzene rings is 1. The molecule has 1 aliphatic heterocycles. The minimum Gasteiger partial charge on any atom is -0.378 e. The van der Waals surface area contributed by atoms with Crippen molar-refractivity contribution in [1.82, 2.24) is 4.90 Å². The van der Waals surface area contributed by atoms with E-state index in [1.807, 2.05) is 17.9 Å². The number of ketones is 1. The summed E-state index contributed by atoms with van der Waals surface area (Å²) in [5.41, 5.74) is 2.42. The van der Waals surface area contributed by atoms with E-state index in [1.54, 1.807) is 7.11 Å². The molecule has 1 saturated heterocycles. The van der Waals surface area contributed by atoms with Crippen LogP contribution in [0.15, 0.2) is 17.7 Å². The van der Waals surface area contributed by atoms with E-state index in [0.717, 1.165) is 18.4 Å². The number of nitrogens with zero attached hydrogens (tertiary/aromatic N) is 2. The van der Waals surface area contributed by atoms with Crippen molar-refractivity contribution < 1.29 is 13.9 Å². The highest BCUT2D eigenvalue weighted by Crippen LogP contribution is 2.37. The molecule has 0 saturated carbocycles. The van der Waals surface area contributed by atoms with Gasteiger partial charge in [-0.3, -0.25) is 4.79 Å². The van der Waals surface area contributed by atoms with Gasteiger partial charge in [-0.2, -0.15) is 5.26 Å². The summed E-state index contributed by atoms with van der Waals surface area (Å²) < 4.78 is 19.9. The largest absolute Gasteiger partial charge is 0.378 e. The van der Waals surface area contributed by atoms with Crippen molar-refractivity contribution in [3.63, 3.8) is 0 Å². The Bertz CT molecular complexity index is 768. The first-order valence-electron chi connectivity index (χ1n) is 8.15. The van der Waals surface area contributed by atoms with Crippen molar-refractivity contribution >= 4 is 11.5 Å². The quantitative estimate of drug-likeness (QED) is 0.837. The summed E-state index contributed by atoms with van der Waals surface area (Å²) in [4.78, 5) is 14.4. The maximum atomic E-state index is 14.4. The fourth-order valence-electron chi connectivity index (χ4n) is 3.53. The van der Waals surface area contributed by atoms with Crippen molar-refractivity contribution in [2.24, 2.45) is 0 Å². The molecule has 126 valence electrons. The van der Waals surface area contributed by atoms with Gasteiger partial charge in [-0.1, -0.05) is 0 Å². The van der Waals surface area contributed by atoms with E-state index >= 15 is 0 Å². The van der Waals surface area contributed by atoms with Gasteiger partial charge < -0.3 is 9.64 Å². The second kappa shape index (κ2) is 6.03. The van der Waals surface area contributed by atoms with Gasteiger partial charge in [0.2, 0.25) is 0 Å². The second-order valence-corrected chi connectivity index (χ2v) is 6.85. The van der Waals surface area contributed by atoms with Crippen LogP contribution in [0.25, 0.3) is 5.70 Å². The molecule has 0 N–H and O–H groups in total. The van der Waals surface area contributed by atoms with Crippen LogP contribution in [0.1, 0.15) is 36.5 Å². The van der Waals surface area contributed by atoms with Gasteiger partial charge in [-0.15, -0.1) is 0 Å². The number of aryl methyl sites for hydroxylation is 1. The molecule has 24 heavy (non-hydrogen) atoms. The normalized spacial score (nSPS) is 20.0. The Kier molecular flexibility index (Phi) is 4.18. The van der Waals surface area contributed by atoms with Crippen LogP contribution in [0.3, 0.4) is 0 Å². The van der Waals surface area contributed by atoms with Crippen LogP contribution in [0.2, 0.25) is 0 Å². The average Bonchev–Trinajstić information content (AvgIpc) is 2.55. The molecule has 0 atom stereocenters. The molecule has 0 spiro atoms. The number of piperidine rings is 1. The summed E-state index contributed by atoms with van der Waals surface area (Å²) in [6.45, 7) is 5.23. The van der Waals surface area contributed by atoms with Crippen molar-refractivity contribution in [2.75, 3.05) is 20.2 Å². The molecule has 0 unspecified atom stereocenters. The summed E-state index contributed by atoms with van der Waals surface area (Å²) in [5, 5.41) is 9.50. The maximum Gasteiger partial charge on any atom is 0.180 e. The number of allylic oxidation sites excluding steroid dienone is 1. The molecule has 5 heteroatoms. The molecule has 0 bridgehead atoms. The summed E-state index contributed by atoms with van der Waals surface area (Å²) in [5.74, 6) is -0.672. The topological polar surface area (TPSA) is 53.3 Å². The maximum absolute atomic E-state index is 14.4. The lowest BCUT2D eigenvalue weighted by atomic mass is 9.85. The van der Waals surface area contributed by atoms with Crippen LogP contribution in [0, 0.1) is 24.1 Å². The Morgan fingerprint density at radius 1 is 1.33 bits per heavy atom. The Morgan fingerprint density at radius 2 is 2.00 bits per heavy atom. The first kappa shape index (κ1) is 16.7. The van der Waals surface area contributed by atoms with Gasteiger partial charge in [-0.25, -0.2) is 4.39 Å². The molecular weight excluding hydrogens is 307 g/mol. The molecule has 2 aliphatic rings. The number of carbonyl (C=O) groups is 1. The summed E-state index contributed by atoms with van der Waals surface area (Å²) in [6.07, 6.45) is 1.55. The number of rotatable bonds is 2. The number of halogens is 1.